The van der Waals surface area contributed by atoms with Gasteiger partial charge < -0.3 is 10.1 Å². The van der Waals surface area contributed by atoms with Crippen LogP contribution >= 0.6 is 0 Å². The molecule has 0 aliphatic rings. The molecule has 0 atom stereocenters. The van der Waals surface area contributed by atoms with E-state index in [9.17, 15) is 9.18 Å². The van der Waals surface area contributed by atoms with Gasteiger partial charge in [-0.3, -0.25) is 4.79 Å². The van der Waals surface area contributed by atoms with E-state index in [2.05, 4.69) is 5.32 Å². The van der Waals surface area contributed by atoms with Gasteiger partial charge >= 0.3 is 0 Å². The zero-order chi connectivity index (χ0) is 15.2. The molecule has 0 spiro atoms. The topological polar surface area (TPSA) is 38.3 Å². The van der Waals surface area contributed by atoms with Crippen molar-refractivity contribution in [2.75, 3.05) is 6.61 Å². The van der Waals surface area contributed by atoms with Crippen LogP contribution in [0.25, 0.3) is 0 Å². The molecule has 0 fully saturated rings. The van der Waals surface area contributed by atoms with Crippen molar-refractivity contribution in [1.82, 2.24) is 5.32 Å². The molecular weight excluding hydrogens is 269 g/mol. The third kappa shape index (κ3) is 4.60. The standard InChI is InChI=1S/C17H18FNO2/c1-12-3-8-16(13(2)9-12)21-11-17(20)19-10-14-4-6-15(18)7-5-14/h3-9H,10-11H2,1-2H3,(H,19,20). The normalized spacial score (nSPS) is 10.2. The van der Waals surface area contributed by atoms with E-state index in [1.165, 1.54) is 12.1 Å². The monoisotopic (exact) mass is 287 g/mol. The Morgan fingerprint density at radius 2 is 1.86 bits per heavy atom. The summed E-state index contributed by atoms with van der Waals surface area (Å²) in [6.07, 6.45) is 0. The molecule has 0 saturated carbocycles. The first-order valence-electron chi connectivity index (χ1n) is 6.76. The highest BCUT2D eigenvalue weighted by Crippen LogP contribution is 2.18. The van der Waals surface area contributed by atoms with Crippen molar-refractivity contribution >= 4 is 5.91 Å². The van der Waals surface area contributed by atoms with Crippen LogP contribution in [-0.4, -0.2) is 12.5 Å². The quantitative estimate of drug-likeness (QED) is 0.917. The molecule has 0 bridgehead atoms. The third-order valence-electron chi connectivity index (χ3n) is 3.09. The van der Waals surface area contributed by atoms with E-state index in [1.807, 2.05) is 32.0 Å². The summed E-state index contributed by atoms with van der Waals surface area (Å²) in [5.74, 6) is 0.208. The molecule has 110 valence electrons. The van der Waals surface area contributed by atoms with Crippen LogP contribution in [0.4, 0.5) is 4.39 Å². The van der Waals surface area contributed by atoms with Crippen LogP contribution in [0.1, 0.15) is 16.7 Å². The first-order valence-corrected chi connectivity index (χ1v) is 6.76. The first kappa shape index (κ1) is 15.0. The van der Waals surface area contributed by atoms with Crippen molar-refractivity contribution in [3.63, 3.8) is 0 Å². The van der Waals surface area contributed by atoms with Crippen molar-refractivity contribution in [3.05, 3.63) is 65.0 Å². The number of amides is 1. The van der Waals surface area contributed by atoms with Crippen LogP contribution in [-0.2, 0) is 11.3 Å². The van der Waals surface area contributed by atoms with Crippen molar-refractivity contribution in [1.29, 1.82) is 0 Å². The Labute approximate surface area is 123 Å². The highest BCUT2D eigenvalue weighted by atomic mass is 19.1. The highest BCUT2D eigenvalue weighted by molar-refractivity contribution is 5.77. The molecule has 0 heterocycles. The predicted octanol–water partition coefficient (Wildman–Crippen LogP) is 3.14. The largest absolute Gasteiger partial charge is 0.484 e. The maximum Gasteiger partial charge on any atom is 0.258 e. The van der Waals surface area contributed by atoms with Crippen molar-refractivity contribution in [2.24, 2.45) is 0 Å². The average molecular weight is 287 g/mol. The Bertz CT molecular complexity index is 623. The lowest BCUT2D eigenvalue weighted by Crippen LogP contribution is -2.28. The molecule has 3 nitrogen and oxygen atoms in total. The minimum Gasteiger partial charge on any atom is -0.484 e. The molecule has 1 amide bonds. The second-order valence-electron chi connectivity index (χ2n) is 4.96. The van der Waals surface area contributed by atoms with E-state index in [-0.39, 0.29) is 18.3 Å². The van der Waals surface area contributed by atoms with Gasteiger partial charge in [-0.15, -0.1) is 0 Å². The number of nitrogens with one attached hydrogen (secondary N) is 1. The molecule has 1 N–H and O–H groups in total. The number of halogens is 1. The Hall–Kier alpha value is -2.36. The van der Waals surface area contributed by atoms with Gasteiger partial charge in [-0.25, -0.2) is 4.39 Å². The molecule has 2 aromatic carbocycles. The lowest BCUT2D eigenvalue weighted by Gasteiger charge is -2.10. The van der Waals surface area contributed by atoms with Crippen molar-refractivity contribution in [2.45, 2.75) is 20.4 Å². The van der Waals surface area contributed by atoms with Crippen LogP contribution in [0.3, 0.4) is 0 Å². The van der Waals surface area contributed by atoms with Gasteiger partial charge in [0.25, 0.3) is 5.91 Å². The second-order valence-corrected chi connectivity index (χ2v) is 4.96. The number of rotatable bonds is 5. The van der Waals surface area contributed by atoms with E-state index in [1.54, 1.807) is 12.1 Å². The van der Waals surface area contributed by atoms with Crippen LogP contribution in [0, 0.1) is 19.7 Å². The number of ether oxygens (including phenoxy) is 1. The lowest BCUT2D eigenvalue weighted by molar-refractivity contribution is -0.123. The summed E-state index contributed by atoms with van der Waals surface area (Å²) in [4.78, 5) is 11.7. The fourth-order valence-electron chi connectivity index (χ4n) is 1.96. The van der Waals surface area contributed by atoms with Crippen LogP contribution in [0.5, 0.6) is 5.75 Å². The number of benzene rings is 2. The summed E-state index contributed by atoms with van der Waals surface area (Å²) in [5, 5.41) is 2.73. The van der Waals surface area contributed by atoms with Crippen LogP contribution in [0.2, 0.25) is 0 Å². The predicted molar refractivity (Wildman–Crippen MR) is 79.7 cm³/mol. The summed E-state index contributed by atoms with van der Waals surface area (Å²) in [5.41, 5.74) is 3.00. The number of hydrogen-bond acceptors (Lipinski definition) is 2. The van der Waals surface area contributed by atoms with E-state index in [0.717, 1.165) is 16.7 Å². The van der Waals surface area contributed by atoms with E-state index in [0.29, 0.717) is 12.3 Å². The molecule has 4 heteroatoms. The SMILES string of the molecule is Cc1ccc(OCC(=O)NCc2ccc(F)cc2)c(C)c1. The van der Waals surface area contributed by atoms with Crippen LogP contribution < -0.4 is 10.1 Å². The Balaban J connectivity index is 1.80. The molecule has 0 saturated heterocycles. The zero-order valence-corrected chi connectivity index (χ0v) is 12.2. The Morgan fingerprint density at radius 3 is 2.52 bits per heavy atom. The number of carbonyl (C=O) groups excluding carboxylic acids is 1. The molecule has 0 aliphatic heterocycles. The summed E-state index contributed by atoms with van der Waals surface area (Å²) < 4.78 is 18.2. The first-order chi connectivity index (χ1) is 10.0. The van der Waals surface area contributed by atoms with Gasteiger partial charge in [0, 0.05) is 6.54 Å². The average Bonchev–Trinajstić information content (AvgIpc) is 2.46. The summed E-state index contributed by atoms with van der Waals surface area (Å²) in [6, 6.07) is 11.8. The number of hydrogen-bond donors (Lipinski definition) is 1. The molecule has 21 heavy (non-hydrogen) atoms. The van der Waals surface area contributed by atoms with E-state index in [4.69, 9.17) is 4.74 Å². The third-order valence-corrected chi connectivity index (χ3v) is 3.09. The second kappa shape index (κ2) is 6.88. The molecule has 0 aliphatic carbocycles. The number of carbonyl (C=O) groups is 1. The summed E-state index contributed by atoms with van der Waals surface area (Å²) >= 11 is 0. The van der Waals surface area contributed by atoms with Gasteiger partial charge in [-0.1, -0.05) is 29.8 Å². The van der Waals surface area contributed by atoms with Gasteiger partial charge in [0.15, 0.2) is 6.61 Å². The minimum atomic E-state index is -0.289. The Morgan fingerprint density at radius 1 is 1.14 bits per heavy atom. The van der Waals surface area contributed by atoms with E-state index >= 15 is 0 Å². The van der Waals surface area contributed by atoms with Crippen LogP contribution in [0.15, 0.2) is 42.5 Å². The summed E-state index contributed by atoms with van der Waals surface area (Å²) in [6.45, 7) is 4.27. The Kier molecular flexibility index (Phi) is 4.93. The lowest BCUT2D eigenvalue weighted by atomic mass is 10.1. The minimum absolute atomic E-state index is 0.0366. The fourth-order valence-corrected chi connectivity index (χ4v) is 1.96. The zero-order valence-electron chi connectivity index (χ0n) is 12.2. The fraction of sp³-hybridized carbons (Fsp3) is 0.235. The maximum absolute atomic E-state index is 12.8. The molecule has 2 aromatic rings. The van der Waals surface area contributed by atoms with Gasteiger partial charge in [-0.05, 0) is 43.2 Å². The maximum atomic E-state index is 12.8. The van der Waals surface area contributed by atoms with Crippen molar-refractivity contribution < 1.29 is 13.9 Å². The molecule has 0 radical (unpaired) electrons. The van der Waals surface area contributed by atoms with Gasteiger partial charge in [-0.2, -0.15) is 0 Å². The molecule has 0 unspecified atom stereocenters. The highest BCUT2D eigenvalue weighted by Gasteiger charge is 2.05. The molecule has 2 rings (SSSR count). The van der Waals surface area contributed by atoms with Gasteiger partial charge in [0.2, 0.25) is 0 Å². The number of aryl methyl sites for hydroxylation is 2. The smallest absolute Gasteiger partial charge is 0.258 e. The van der Waals surface area contributed by atoms with Gasteiger partial charge in [0.05, 0.1) is 0 Å². The molecule has 0 aromatic heterocycles. The molecular formula is C17H18FNO2. The van der Waals surface area contributed by atoms with E-state index < -0.39 is 0 Å². The van der Waals surface area contributed by atoms with Crippen molar-refractivity contribution in [3.8, 4) is 5.75 Å². The van der Waals surface area contributed by atoms with Gasteiger partial charge in [0.1, 0.15) is 11.6 Å². The summed E-state index contributed by atoms with van der Waals surface area (Å²) in [7, 11) is 0.